The number of nitrogens with two attached hydrogens (primary N) is 1. The molecule has 2 aromatic heterocycles. The third kappa shape index (κ3) is 5.24. The Morgan fingerprint density at radius 2 is 2.18 bits per heavy atom. The number of carbonyl (C=O) groups is 3. The van der Waals surface area contributed by atoms with Crippen LogP contribution in [0.15, 0.2) is 21.9 Å². The Bertz CT molecular complexity index is 1230. The summed E-state index contributed by atoms with van der Waals surface area (Å²) in [6.45, 7) is -0.167. The number of tetrazole rings is 1. The van der Waals surface area contributed by atoms with Crippen LogP contribution >= 0.6 is 34.9 Å². The number of fused-ring (bicyclic) bond motifs is 1. The molecule has 4 N–H and O–H groups in total. The van der Waals surface area contributed by atoms with E-state index in [2.05, 4.69) is 35.2 Å². The first kappa shape index (κ1) is 23.4. The van der Waals surface area contributed by atoms with Crippen LogP contribution in [0.5, 0.6) is 5.19 Å². The van der Waals surface area contributed by atoms with Crippen molar-refractivity contribution in [1.29, 1.82) is 0 Å². The summed E-state index contributed by atoms with van der Waals surface area (Å²) in [5, 5.41) is 19.4. The van der Waals surface area contributed by atoms with Gasteiger partial charge in [0.1, 0.15) is 30.0 Å². The van der Waals surface area contributed by atoms with E-state index in [0.29, 0.717) is 15.7 Å². The Labute approximate surface area is 197 Å². The van der Waals surface area contributed by atoms with E-state index in [-0.39, 0.29) is 23.2 Å². The molecule has 0 aliphatic carbocycles. The Balaban J connectivity index is 1.41. The fraction of sp³-hybridized carbons (Fsp3) is 0.385. The van der Waals surface area contributed by atoms with Gasteiger partial charge in [0.15, 0.2) is 4.34 Å². The SMILES string of the molecule is NC(=O)C1=C(CSc2nnc(OS(=O)(=O)O)s2)CS[C@@H]2[C@H](NC(=O)Cn3cnnn3)C(=O)N12. The Morgan fingerprint density at radius 1 is 1.39 bits per heavy atom. The van der Waals surface area contributed by atoms with Crippen LogP contribution in [0, 0.1) is 0 Å². The van der Waals surface area contributed by atoms with Crippen LogP contribution in [-0.4, -0.2) is 88.9 Å². The topological polar surface area (TPSA) is 225 Å². The number of nitrogens with zero attached hydrogens (tertiary/aromatic N) is 7. The normalized spacial score (nSPS) is 20.3. The number of thioether (sulfide) groups is 2. The quantitative estimate of drug-likeness (QED) is 0.173. The van der Waals surface area contributed by atoms with Crippen molar-refractivity contribution < 1.29 is 31.5 Å². The van der Waals surface area contributed by atoms with Gasteiger partial charge >= 0.3 is 15.6 Å². The monoisotopic (exact) mass is 535 g/mol. The molecule has 4 heterocycles. The molecule has 1 saturated heterocycles. The molecule has 2 atom stereocenters. The molecule has 4 rings (SSSR count). The minimum absolute atomic E-state index is 0.0427. The van der Waals surface area contributed by atoms with Gasteiger partial charge in [-0.05, 0) is 27.3 Å². The molecule has 0 saturated carbocycles. The lowest BCUT2D eigenvalue weighted by atomic mass is 10.0. The maximum Gasteiger partial charge on any atom is 0.448 e. The van der Waals surface area contributed by atoms with Gasteiger partial charge in [0, 0.05) is 11.5 Å². The predicted molar refractivity (Wildman–Crippen MR) is 112 cm³/mol. The second kappa shape index (κ2) is 9.21. The van der Waals surface area contributed by atoms with Crippen LogP contribution in [0.4, 0.5) is 0 Å². The summed E-state index contributed by atoms with van der Waals surface area (Å²) in [6, 6.07) is -0.828. The van der Waals surface area contributed by atoms with Gasteiger partial charge in [-0.25, -0.2) is 4.68 Å². The number of hydrogen-bond acceptors (Lipinski definition) is 14. The standard InChI is InChI=1S/C13H13N9O7S4/c14-9(24)8-5(3-31-13-18-17-12(32-13)29-33(26,27)28)2-30-11-7(10(25)22(8)11)16-6(23)1-21-4-15-19-20-21/h4,7,11H,1-3H2,(H2,14,24)(H,16,23)(H,26,27,28)/t7-,11-/m1/s1. The lowest BCUT2D eigenvalue weighted by molar-refractivity contribution is -0.147. The van der Waals surface area contributed by atoms with Crippen molar-refractivity contribution in [2.45, 2.75) is 22.3 Å². The lowest BCUT2D eigenvalue weighted by Gasteiger charge is -2.49. The molecule has 33 heavy (non-hydrogen) atoms. The zero-order valence-electron chi connectivity index (χ0n) is 16.1. The van der Waals surface area contributed by atoms with E-state index in [1.165, 1.54) is 27.7 Å². The highest BCUT2D eigenvalue weighted by Crippen LogP contribution is 2.41. The average Bonchev–Trinajstić information content (AvgIpc) is 3.40. The summed E-state index contributed by atoms with van der Waals surface area (Å²) < 4.78 is 35.9. The summed E-state index contributed by atoms with van der Waals surface area (Å²) in [7, 11) is -4.72. The molecule has 0 bridgehead atoms. The van der Waals surface area contributed by atoms with Crippen molar-refractivity contribution in [2.24, 2.45) is 5.73 Å². The van der Waals surface area contributed by atoms with E-state index in [0.717, 1.165) is 23.1 Å². The summed E-state index contributed by atoms with van der Waals surface area (Å²) in [4.78, 5) is 38.2. The number of hydrogen-bond donors (Lipinski definition) is 3. The van der Waals surface area contributed by atoms with Gasteiger partial charge < -0.3 is 15.2 Å². The van der Waals surface area contributed by atoms with Crippen LogP contribution in [0.2, 0.25) is 0 Å². The Morgan fingerprint density at radius 3 is 2.85 bits per heavy atom. The summed E-state index contributed by atoms with van der Waals surface area (Å²) in [5.41, 5.74) is 6.13. The summed E-state index contributed by atoms with van der Waals surface area (Å²) in [5.74, 6) is -1.18. The fourth-order valence-corrected chi connectivity index (χ4v) is 6.64. The molecular weight excluding hydrogens is 522 g/mol. The maximum absolute atomic E-state index is 12.7. The smallest absolute Gasteiger partial charge is 0.364 e. The first-order valence-corrected chi connectivity index (χ1v) is 12.9. The third-order valence-corrected chi connectivity index (χ3v) is 8.06. The molecular formula is C13H13N9O7S4. The van der Waals surface area contributed by atoms with Gasteiger partial charge in [-0.1, -0.05) is 16.9 Å². The van der Waals surface area contributed by atoms with E-state index in [1.807, 2.05) is 0 Å². The second-order valence-corrected chi connectivity index (χ2v) is 10.7. The zero-order valence-corrected chi connectivity index (χ0v) is 19.4. The van der Waals surface area contributed by atoms with E-state index >= 15 is 0 Å². The highest BCUT2D eigenvalue weighted by Gasteiger charge is 2.53. The van der Waals surface area contributed by atoms with Crippen LogP contribution in [0.3, 0.4) is 0 Å². The molecule has 2 aliphatic heterocycles. The number of amides is 3. The minimum Gasteiger partial charge on any atom is -0.364 e. The highest BCUT2D eigenvalue weighted by atomic mass is 32.3. The first-order chi connectivity index (χ1) is 15.6. The van der Waals surface area contributed by atoms with Gasteiger partial charge in [0.2, 0.25) is 5.91 Å². The number of carbonyl (C=O) groups excluding carboxylic acids is 3. The van der Waals surface area contributed by atoms with Crippen molar-refractivity contribution in [3.8, 4) is 5.19 Å². The predicted octanol–water partition coefficient (Wildman–Crippen LogP) is -2.36. The van der Waals surface area contributed by atoms with Crippen molar-refractivity contribution in [2.75, 3.05) is 11.5 Å². The lowest BCUT2D eigenvalue weighted by Crippen LogP contribution is -2.71. The molecule has 20 heteroatoms. The average molecular weight is 536 g/mol. The van der Waals surface area contributed by atoms with Crippen LogP contribution in [0.25, 0.3) is 0 Å². The number of primary amides is 1. The third-order valence-electron chi connectivity index (χ3n) is 4.23. The van der Waals surface area contributed by atoms with E-state index < -0.39 is 39.5 Å². The van der Waals surface area contributed by atoms with Gasteiger partial charge in [-0.2, -0.15) is 8.42 Å². The Kier molecular flexibility index (Phi) is 6.52. The van der Waals surface area contributed by atoms with Crippen molar-refractivity contribution >= 4 is 63.0 Å². The minimum atomic E-state index is -4.72. The molecule has 2 aromatic rings. The number of nitrogens with one attached hydrogen (secondary N) is 1. The van der Waals surface area contributed by atoms with Gasteiger partial charge in [0.05, 0.1) is 0 Å². The fourth-order valence-electron chi connectivity index (χ4n) is 2.98. The van der Waals surface area contributed by atoms with Gasteiger partial charge in [0.25, 0.3) is 11.8 Å². The van der Waals surface area contributed by atoms with E-state index in [1.54, 1.807) is 0 Å². The van der Waals surface area contributed by atoms with Gasteiger partial charge in [-0.15, -0.1) is 22.0 Å². The summed E-state index contributed by atoms with van der Waals surface area (Å²) in [6.07, 6.45) is 1.26. The highest BCUT2D eigenvalue weighted by molar-refractivity contribution is 8.01. The molecule has 2 aliphatic rings. The van der Waals surface area contributed by atoms with Crippen molar-refractivity contribution in [3.05, 3.63) is 17.6 Å². The van der Waals surface area contributed by atoms with Crippen LogP contribution < -0.4 is 15.2 Å². The molecule has 0 unspecified atom stereocenters. The van der Waals surface area contributed by atoms with E-state index in [9.17, 15) is 22.8 Å². The van der Waals surface area contributed by atoms with Crippen molar-refractivity contribution in [3.63, 3.8) is 0 Å². The molecule has 176 valence electrons. The first-order valence-electron chi connectivity index (χ1n) is 8.72. The zero-order chi connectivity index (χ0) is 23.8. The summed E-state index contributed by atoms with van der Waals surface area (Å²) >= 11 is 3.24. The van der Waals surface area contributed by atoms with Crippen LogP contribution in [-0.2, 0) is 31.3 Å². The number of aromatic nitrogens is 6. The molecule has 0 aromatic carbocycles. The van der Waals surface area contributed by atoms with Crippen LogP contribution in [0.1, 0.15) is 0 Å². The van der Waals surface area contributed by atoms with E-state index in [4.69, 9.17) is 10.3 Å². The molecule has 1 fully saturated rings. The maximum atomic E-state index is 12.7. The van der Waals surface area contributed by atoms with Gasteiger partial charge in [-0.3, -0.25) is 23.8 Å². The largest absolute Gasteiger partial charge is 0.448 e. The molecule has 0 radical (unpaired) electrons. The molecule has 0 spiro atoms. The number of β-lactam (4-membered cyclic amide) rings is 1. The Hall–Kier alpha value is -2.81. The number of rotatable bonds is 9. The molecule has 3 amide bonds. The van der Waals surface area contributed by atoms with Crippen molar-refractivity contribution in [1.82, 2.24) is 40.6 Å². The second-order valence-electron chi connectivity index (χ2n) is 6.41. The molecule has 16 nitrogen and oxygen atoms in total.